The lowest BCUT2D eigenvalue weighted by atomic mass is 10.2. The van der Waals surface area contributed by atoms with E-state index in [0.29, 0.717) is 19.6 Å². The molecule has 0 aromatic rings. The smallest absolute Gasteiger partial charge is 0.222 e. The second-order valence-corrected chi connectivity index (χ2v) is 4.48. The Labute approximate surface area is 103 Å². The summed E-state index contributed by atoms with van der Waals surface area (Å²) in [6.45, 7) is 4.85. The van der Waals surface area contributed by atoms with Crippen molar-refractivity contribution >= 4 is 5.91 Å². The molecule has 0 bridgehead atoms. The van der Waals surface area contributed by atoms with Crippen molar-refractivity contribution in [2.24, 2.45) is 0 Å². The quantitative estimate of drug-likeness (QED) is 0.681. The molecular formula is C12H24N2O3. The van der Waals surface area contributed by atoms with Crippen molar-refractivity contribution in [3.8, 4) is 0 Å². The minimum atomic E-state index is 0.233. The number of aliphatic hydroxyl groups excluding tert-OH is 1. The van der Waals surface area contributed by atoms with Crippen molar-refractivity contribution in [1.29, 1.82) is 0 Å². The maximum absolute atomic E-state index is 11.8. The van der Waals surface area contributed by atoms with Gasteiger partial charge in [0.1, 0.15) is 0 Å². The summed E-state index contributed by atoms with van der Waals surface area (Å²) in [5.41, 5.74) is 0. The molecule has 0 atom stereocenters. The standard InChI is InChI=1S/C12H24N2O3/c1-13(6-3-9-15)5-2-4-12(16)14-7-10-17-11-8-14/h15H,2-11H2,1H3. The Morgan fingerprint density at radius 3 is 2.59 bits per heavy atom. The largest absolute Gasteiger partial charge is 0.396 e. The molecule has 0 aromatic carbocycles. The van der Waals surface area contributed by atoms with Crippen LogP contribution in [0.3, 0.4) is 0 Å². The fourth-order valence-electron chi connectivity index (χ4n) is 1.92. The maximum atomic E-state index is 11.8. The Balaban J connectivity index is 2.06. The molecule has 1 fully saturated rings. The monoisotopic (exact) mass is 244 g/mol. The van der Waals surface area contributed by atoms with Gasteiger partial charge in [-0.1, -0.05) is 0 Å². The number of hydrogen-bond donors (Lipinski definition) is 1. The van der Waals surface area contributed by atoms with Gasteiger partial charge in [0, 0.05) is 32.7 Å². The third kappa shape index (κ3) is 6.00. The molecule has 0 aliphatic carbocycles. The van der Waals surface area contributed by atoms with Crippen LogP contribution >= 0.6 is 0 Å². The van der Waals surface area contributed by atoms with Gasteiger partial charge in [-0.15, -0.1) is 0 Å². The molecule has 100 valence electrons. The van der Waals surface area contributed by atoms with Gasteiger partial charge in [0.15, 0.2) is 0 Å². The zero-order chi connectivity index (χ0) is 12.5. The Morgan fingerprint density at radius 1 is 1.29 bits per heavy atom. The van der Waals surface area contributed by atoms with Crippen molar-refractivity contribution in [3.05, 3.63) is 0 Å². The first-order valence-electron chi connectivity index (χ1n) is 6.39. The van der Waals surface area contributed by atoms with Gasteiger partial charge in [0.25, 0.3) is 0 Å². The molecule has 1 amide bonds. The van der Waals surface area contributed by atoms with E-state index in [4.69, 9.17) is 9.84 Å². The van der Waals surface area contributed by atoms with Crippen molar-refractivity contribution in [1.82, 2.24) is 9.80 Å². The molecule has 0 aromatic heterocycles. The third-order valence-corrected chi connectivity index (χ3v) is 2.99. The van der Waals surface area contributed by atoms with Crippen LogP contribution < -0.4 is 0 Å². The lowest BCUT2D eigenvalue weighted by molar-refractivity contribution is -0.135. The van der Waals surface area contributed by atoms with Crippen LogP contribution in [0.1, 0.15) is 19.3 Å². The first-order chi connectivity index (χ1) is 8.24. The molecule has 0 spiro atoms. The SMILES string of the molecule is CN(CCCO)CCCC(=O)N1CCOCC1. The Hall–Kier alpha value is -0.650. The number of amides is 1. The highest BCUT2D eigenvalue weighted by Crippen LogP contribution is 2.03. The highest BCUT2D eigenvalue weighted by molar-refractivity contribution is 5.76. The zero-order valence-electron chi connectivity index (χ0n) is 10.7. The zero-order valence-corrected chi connectivity index (χ0v) is 10.7. The van der Waals surface area contributed by atoms with Crippen molar-refractivity contribution < 1.29 is 14.6 Å². The summed E-state index contributed by atoms with van der Waals surface area (Å²) in [5, 5.41) is 8.70. The number of aliphatic hydroxyl groups is 1. The predicted octanol–water partition coefficient (Wildman–Crippen LogP) is -0.0604. The number of carbonyl (C=O) groups excluding carboxylic acids is 1. The molecule has 1 heterocycles. The topological polar surface area (TPSA) is 53.0 Å². The van der Waals surface area contributed by atoms with Gasteiger partial charge in [-0.25, -0.2) is 0 Å². The van der Waals surface area contributed by atoms with E-state index >= 15 is 0 Å². The highest BCUT2D eigenvalue weighted by Gasteiger charge is 2.16. The molecule has 5 nitrogen and oxygen atoms in total. The van der Waals surface area contributed by atoms with Crippen LogP contribution in [0, 0.1) is 0 Å². The van der Waals surface area contributed by atoms with E-state index < -0.39 is 0 Å². The van der Waals surface area contributed by atoms with Gasteiger partial charge < -0.3 is 19.6 Å². The predicted molar refractivity (Wildman–Crippen MR) is 65.8 cm³/mol. The lowest BCUT2D eigenvalue weighted by Gasteiger charge is -2.27. The number of hydrogen-bond acceptors (Lipinski definition) is 4. The second kappa shape index (κ2) is 8.44. The van der Waals surface area contributed by atoms with Crippen LogP contribution in [0.25, 0.3) is 0 Å². The Bertz CT molecular complexity index is 218. The molecule has 17 heavy (non-hydrogen) atoms. The second-order valence-electron chi connectivity index (χ2n) is 4.48. The fraction of sp³-hybridized carbons (Fsp3) is 0.917. The van der Waals surface area contributed by atoms with E-state index in [1.54, 1.807) is 0 Å². The summed E-state index contributed by atoms with van der Waals surface area (Å²) in [5.74, 6) is 0.240. The molecule has 1 N–H and O–H groups in total. The number of carbonyl (C=O) groups is 1. The number of ether oxygens (including phenoxy) is 1. The summed E-state index contributed by atoms with van der Waals surface area (Å²) in [6.07, 6.45) is 2.30. The van der Waals surface area contributed by atoms with E-state index in [1.807, 2.05) is 11.9 Å². The highest BCUT2D eigenvalue weighted by atomic mass is 16.5. The maximum Gasteiger partial charge on any atom is 0.222 e. The molecule has 5 heteroatoms. The summed E-state index contributed by atoms with van der Waals surface area (Å²) < 4.78 is 5.21. The summed E-state index contributed by atoms with van der Waals surface area (Å²) in [4.78, 5) is 15.8. The molecule has 0 unspecified atom stereocenters. The molecule has 1 saturated heterocycles. The van der Waals surface area contributed by atoms with Crippen LogP contribution in [-0.4, -0.2) is 73.9 Å². The normalized spacial score (nSPS) is 16.5. The summed E-state index contributed by atoms with van der Waals surface area (Å²) in [6, 6.07) is 0. The number of rotatable bonds is 7. The minimum Gasteiger partial charge on any atom is -0.396 e. The molecule has 0 saturated carbocycles. The van der Waals surface area contributed by atoms with Gasteiger partial charge in [-0.2, -0.15) is 0 Å². The average Bonchev–Trinajstić information content (AvgIpc) is 2.37. The summed E-state index contributed by atoms with van der Waals surface area (Å²) in [7, 11) is 2.02. The van der Waals surface area contributed by atoms with E-state index in [0.717, 1.165) is 39.0 Å². The molecule has 1 aliphatic heterocycles. The first-order valence-corrected chi connectivity index (χ1v) is 6.39. The van der Waals surface area contributed by atoms with Crippen LogP contribution in [0.4, 0.5) is 0 Å². The van der Waals surface area contributed by atoms with Gasteiger partial charge in [-0.3, -0.25) is 4.79 Å². The van der Waals surface area contributed by atoms with Crippen LogP contribution in [0.5, 0.6) is 0 Å². The molecule has 1 aliphatic rings. The van der Waals surface area contributed by atoms with Gasteiger partial charge >= 0.3 is 0 Å². The van der Waals surface area contributed by atoms with Crippen molar-refractivity contribution in [2.45, 2.75) is 19.3 Å². The molecule has 0 radical (unpaired) electrons. The van der Waals surface area contributed by atoms with Crippen LogP contribution in [-0.2, 0) is 9.53 Å². The number of morpholine rings is 1. The van der Waals surface area contributed by atoms with Gasteiger partial charge in [-0.05, 0) is 26.4 Å². The van der Waals surface area contributed by atoms with Crippen molar-refractivity contribution in [2.75, 3.05) is 53.0 Å². The fourth-order valence-corrected chi connectivity index (χ4v) is 1.92. The third-order valence-electron chi connectivity index (χ3n) is 2.99. The van der Waals surface area contributed by atoms with Crippen LogP contribution in [0.2, 0.25) is 0 Å². The molecule has 1 rings (SSSR count). The Morgan fingerprint density at radius 2 is 1.94 bits per heavy atom. The number of nitrogens with zero attached hydrogens (tertiary/aromatic N) is 2. The van der Waals surface area contributed by atoms with Gasteiger partial charge in [0.2, 0.25) is 5.91 Å². The van der Waals surface area contributed by atoms with E-state index in [-0.39, 0.29) is 12.5 Å². The van der Waals surface area contributed by atoms with Crippen LogP contribution in [0.15, 0.2) is 0 Å². The Kier molecular flexibility index (Phi) is 7.16. The average molecular weight is 244 g/mol. The van der Waals surface area contributed by atoms with E-state index in [9.17, 15) is 4.79 Å². The van der Waals surface area contributed by atoms with E-state index in [2.05, 4.69) is 4.90 Å². The lowest BCUT2D eigenvalue weighted by Crippen LogP contribution is -2.40. The first kappa shape index (κ1) is 14.4. The minimum absolute atomic E-state index is 0.233. The van der Waals surface area contributed by atoms with Crippen molar-refractivity contribution in [3.63, 3.8) is 0 Å². The molecular weight excluding hydrogens is 220 g/mol. The van der Waals surface area contributed by atoms with Gasteiger partial charge in [0.05, 0.1) is 13.2 Å². The van der Waals surface area contributed by atoms with E-state index in [1.165, 1.54) is 0 Å². The summed E-state index contributed by atoms with van der Waals surface area (Å²) >= 11 is 0.